The summed E-state index contributed by atoms with van der Waals surface area (Å²) in [6.45, 7) is 1.61. The summed E-state index contributed by atoms with van der Waals surface area (Å²) in [5, 5.41) is 14.5. The van der Waals surface area contributed by atoms with Crippen molar-refractivity contribution in [2.75, 3.05) is 6.61 Å². The maximum atomic E-state index is 12.5. The molecule has 0 aliphatic heterocycles. The molecule has 2 atom stereocenters. The minimum atomic E-state index is -1.15. The van der Waals surface area contributed by atoms with Gasteiger partial charge in [0.05, 0.1) is 0 Å². The molecule has 0 bridgehead atoms. The Morgan fingerprint density at radius 2 is 1.41 bits per heavy atom. The van der Waals surface area contributed by atoms with E-state index >= 15 is 0 Å². The smallest absolute Gasteiger partial charge is 0.407 e. The second-order valence-corrected chi connectivity index (χ2v) is 8.28. The summed E-state index contributed by atoms with van der Waals surface area (Å²) in [5.74, 6) is -1.84. The Kier molecular flexibility index (Phi) is 6.92. The number of hydrogen-bond acceptors (Lipinski definition) is 4. The lowest BCUT2D eigenvalue weighted by Crippen LogP contribution is -2.51. The lowest BCUT2D eigenvalue weighted by atomic mass is 9.98. The summed E-state index contributed by atoms with van der Waals surface area (Å²) < 4.78 is 5.46. The molecule has 174 valence electrons. The average Bonchev–Trinajstić information content (AvgIpc) is 3.16. The number of carboxylic acids is 1. The molecule has 0 saturated heterocycles. The Morgan fingerprint density at radius 1 is 0.853 bits per heavy atom. The van der Waals surface area contributed by atoms with E-state index in [1.54, 1.807) is 24.3 Å². The molecule has 3 N–H and O–H groups in total. The van der Waals surface area contributed by atoms with Crippen molar-refractivity contribution in [2.24, 2.45) is 0 Å². The predicted molar refractivity (Wildman–Crippen MR) is 127 cm³/mol. The largest absolute Gasteiger partial charge is 0.480 e. The van der Waals surface area contributed by atoms with Gasteiger partial charge in [-0.05, 0) is 34.7 Å². The molecule has 7 nitrogen and oxygen atoms in total. The van der Waals surface area contributed by atoms with Gasteiger partial charge in [-0.3, -0.25) is 4.79 Å². The molecule has 7 heteroatoms. The lowest BCUT2D eigenvalue weighted by Gasteiger charge is -2.19. The maximum absolute atomic E-state index is 12.5. The molecule has 2 amide bonds. The van der Waals surface area contributed by atoms with Gasteiger partial charge in [-0.2, -0.15) is 0 Å². The van der Waals surface area contributed by atoms with Gasteiger partial charge in [0.1, 0.15) is 18.7 Å². The van der Waals surface area contributed by atoms with Gasteiger partial charge in [0.2, 0.25) is 5.91 Å². The van der Waals surface area contributed by atoms with Gasteiger partial charge in [-0.15, -0.1) is 0 Å². The number of rotatable bonds is 8. The van der Waals surface area contributed by atoms with Gasteiger partial charge < -0.3 is 20.5 Å². The highest BCUT2D eigenvalue weighted by molar-refractivity contribution is 5.89. The van der Waals surface area contributed by atoms with Crippen molar-refractivity contribution in [3.05, 3.63) is 95.6 Å². The first-order chi connectivity index (χ1) is 16.4. The van der Waals surface area contributed by atoms with Crippen LogP contribution in [-0.2, 0) is 20.7 Å². The molecule has 4 rings (SSSR count). The van der Waals surface area contributed by atoms with Crippen molar-refractivity contribution >= 4 is 18.0 Å². The number of amides is 2. The fraction of sp³-hybridized carbons (Fsp3) is 0.222. The number of alkyl carbamates (subject to hydrolysis) is 1. The molecule has 0 saturated carbocycles. The number of carbonyl (C=O) groups is 3. The molecular weight excluding hydrogens is 432 g/mol. The number of carboxylic acid groups (broad SMARTS) is 1. The highest BCUT2D eigenvalue weighted by atomic mass is 16.5. The van der Waals surface area contributed by atoms with E-state index in [0.717, 1.165) is 27.8 Å². The van der Waals surface area contributed by atoms with E-state index < -0.39 is 30.1 Å². The molecule has 0 unspecified atom stereocenters. The van der Waals surface area contributed by atoms with Crippen molar-refractivity contribution in [2.45, 2.75) is 31.3 Å². The lowest BCUT2D eigenvalue weighted by molar-refractivity contribution is -0.142. The molecule has 0 fully saturated rings. The first kappa shape index (κ1) is 23.0. The first-order valence-electron chi connectivity index (χ1n) is 11.1. The zero-order chi connectivity index (χ0) is 24.1. The number of nitrogens with one attached hydrogen (secondary N) is 2. The standard InChI is InChI=1S/C27H26N2O5/c1-17(25(30)29-24(26(31)32)15-18-9-3-2-4-10-18)28-27(33)34-16-23-21-13-7-5-11-19(21)20-12-6-8-14-22(20)23/h2-14,17,23-24H,15-16H2,1H3,(H,28,33)(H,29,30)(H,31,32)/t17-,24+/m1/s1. The summed E-state index contributed by atoms with van der Waals surface area (Å²) in [6.07, 6.45) is -0.598. The number of aliphatic carboxylic acids is 1. The average molecular weight is 459 g/mol. The van der Waals surface area contributed by atoms with Gasteiger partial charge in [0.25, 0.3) is 0 Å². The molecule has 0 spiro atoms. The number of fused-ring (bicyclic) bond motifs is 3. The van der Waals surface area contributed by atoms with Crippen LogP contribution in [0.5, 0.6) is 0 Å². The molecular formula is C27H26N2O5. The van der Waals surface area contributed by atoms with Crippen LogP contribution in [0.3, 0.4) is 0 Å². The zero-order valence-corrected chi connectivity index (χ0v) is 18.7. The summed E-state index contributed by atoms with van der Waals surface area (Å²) in [7, 11) is 0. The third-order valence-corrected chi connectivity index (χ3v) is 5.97. The highest BCUT2D eigenvalue weighted by Crippen LogP contribution is 2.44. The quantitative estimate of drug-likeness (QED) is 0.477. The van der Waals surface area contributed by atoms with Crippen LogP contribution in [0.15, 0.2) is 78.9 Å². The summed E-state index contributed by atoms with van der Waals surface area (Å²) in [6, 6.07) is 23.0. The molecule has 3 aromatic rings. The van der Waals surface area contributed by atoms with Crippen LogP contribution in [0, 0.1) is 0 Å². The number of benzene rings is 3. The molecule has 1 aliphatic rings. The molecule has 3 aromatic carbocycles. The number of carbonyl (C=O) groups excluding carboxylic acids is 2. The van der Waals surface area contributed by atoms with Crippen LogP contribution in [-0.4, -0.2) is 41.8 Å². The molecule has 34 heavy (non-hydrogen) atoms. The van der Waals surface area contributed by atoms with Crippen LogP contribution in [0.1, 0.15) is 29.5 Å². The van der Waals surface area contributed by atoms with Crippen LogP contribution < -0.4 is 10.6 Å². The van der Waals surface area contributed by atoms with E-state index in [-0.39, 0.29) is 18.9 Å². The fourth-order valence-corrected chi connectivity index (χ4v) is 4.23. The Labute approximate surface area is 197 Å². The van der Waals surface area contributed by atoms with Crippen molar-refractivity contribution in [1.29, 1.82) is 0 Å². The first-order valence-corrected chi connectivity index (χ1v) is 11.1. The Morgan fingerprint density at radius 3 is 2.00 bits per heavy atom. The monoisotopic (exact) mass is 458 g/mol. The highest BCUT2D eigenvalue weighted by Gasteiger charge is 2.30. The second kappa shape index (κ2) is 10.2. The Hall–Kier alpha value is -4.13. The molecule has 0 aromatic heterocycles. The summed E-state index contributed by atoms with van der Waals surface area (Å²) >= 11 is 0. The predicted octanol–water partition coefficient (Wildman–Crippen LogP) is 3.73. The van der Waals surface area contributed by atoms with Crippen molar-refractivity contribution < 1.29 is 24.2 Å². The minimum absolute atomic E-state index is 0.0930. The molecule has 1 aliphatic carbocycles. The van der Waals surface area contributed by atoms with E-state index in [1.807, 2.05) is 42.5 Å². The topological polar surface area (TPSA) is 105 Å². The molecule has 0 heterocycles. The second-order valence-electron chi connectivity index (χ2n) is 8.28. The van der Waals surface area contributed by atoms with Gasteiger partial charge in [0.15, 0.2) is 0 Å². The van der Waals surface area contributed by atoms with Crippen LogP contribution >= 0.6 is 0 Å². The SMILES string of the molecule is C[C@@H](NC(=O)OCC1c2ccccc2-c2ccccc21)C(=O)N[C@@H](Cc1ccccc1)C(=O)O. The normalized spacial score (nSPS) is 13.8. The van der Waals surface area contributed by atoms with E-state index in [0.29, 0.717) is 0 Å². The van der Waals surface area contributed by atoms with E-state index in [9.17, 15) is 19.5 Å². The number of hydrogen-bond donors (Lipinski definition) is 3. The van der Waals surface area contributed by atoms with Crippen molar-refractivity contribution in [3.63, 3.8) is 0 Å². The third-order valence-electron chi connectivity index (χ3n) is 5.97. The van der Waals surface area contributed by atoms with Gasteiger partial charge in [-0.1, -0.05) is 78.9 Å². The van der Waals surface area contributed by atoms with Gasteiger partial charge >= 0.3 is 12.1 Å². The maximum Gasteiger partial charge on any atom is 0.407 e. The van der Waals surface area contributed by atoms with Crippen LogP contribution in [0.2, 0.25) is 0 Å². The van der Waals surface area contributed by atoms with Gasteiger partial charge in [-0.25, -0.2) is 9.59 Å². The minimum Gasteiger partial charge on any atom is -0.480 e. The van der Waals surface area contributed by atoms with Crippen LogP contribution in [0.4, 0.5) is 4.79 Å². The van der Waals surface area contributed by atoms with Crippen molar-refractivity contribution in [1.82, 2.24) is 10.6 Å². The fourth-order valence-electron chi connectivity index (χ4n) is 4.23. The zero-order valence-electron chi connectivity index (χ0n) is 18.7. The number of ether oxygens (including phenoxy) is 1. The summed E-state index contributed by atoms with van der Waals surface area (Å²) in [4.78, 5) is 36.6. The third kappa shape index (κ3) is 5.09. The Bertz CT molecular complexity index is 1150. The van der Waals surface area contributed by atoms with E-state index in [2.05, 4.69) is 22.8 Å². The van der Waals surface area contributed by atoms with Crippen LogP contribution in [0.25, 0.3) is 11.1 Å². The van der Waals surface area contributed by atoms with E-state index in [4.69, 9.17) is 4.74 Å². The van der Waals surface area contributed by atoms with Crippen molar-refractivity contribution in [3.8, 4) is 11.1 Å². The van der Waals surface area contributed by atoms with E-state index in [1.165, 1.54) is 6.92 Å². The Balaban J connectivity index is 1.33. The summed E-state index contributed by atoms with van der Waals surface area (Å²) in [5.41, 5.74) is 5.21. The molecule has 0 radical (unpaired) electrons. The van der Waals surface area contributed by atoms with Gasteiger partial charge in [0, 0.05) is 12.3 Å².